The predicted molar refractivity (Wildman–Crippen MR) is 71.9 cm³/mol. The van der Waals surface area contributed by atoms with Crippen molar-refractivity contribution in [3.63, 3.8) is 0 Å². The molecule has 0 saturated heterocycles. The molecule has 0 fully saturated rings. The van der Waals surface area contributed by atoms with Gasteiger partial charge in [0.05, 0.1) is 12.6 Å². The van der Waals surface area contributed by atoms with Gasteiger partial charge in [-0.15, -0.1) is 6.42 Å². The molecule has 18 heavy (non-hydrogen) atoms. The van der Waals surface area contributed by atoms with Gasteiger partial charge in [0.1, 0.15) is 0 Å². The van der Waals surface area contributed by atoms with E-state index < -0.39 is 0 Å². The number of terminal acetylenes is 1. The van der Waals surface area contributed by atoms with E-state index in [9.17, 15) is 4.79 Å². The van der Waals surface area contributed by atoms with Crippen LogP contribution >= 0.6 is 0 Å². The zero-order valence-corrected chi connectivity index (χ0v) is 10.6. The van der Waals surface area contributed by atoms with E-state index in [1.807, 2.05) is 13.0 Å². The molecule has 2 unspecified atom stereocenters. The summed E-state index contributed by atoms with van der Waals surface area (Å²) in [6.45, 7) is 2.15. The SMILES string of the molecule is C#CCNC(=O)C(C)NC1CCc2ccccc21. The Balaban J connectivity index is 1.95. The molecule has 2 N–H and O–H groups in total. The molecule has 1 aromatic rings. The molecule has 2 rings (SSSR count). The van der Waals surface area contributed by atoms with Crippen molar-refractivity contribution in [3.05, 3.63) is 35.4 Å². The van der Waals surface area contributed by atoms with Crippen LogP contribution in [0, 0.1) is 12.3 Å². The van der Waals surface area contributed by atoms with Gasteiger partial charge in [-0.25, -0.2) is 0 Å². The van der Waals surface area contributed by atoms with Gasteiger partial charge < -0.3 is 5.32 Å². The van der Waals surface area contributed by atoms with Crippen molar-refractivity contribution in [2.45, 2.75) is 31.8 Å². The van der Waals surface area contributed by atoms with Crippen LogP contribution in [0.3, 0.4) is 0 Å². The van der Waals surface area contributed by atoms with Crippen LogP contribution in [-0.2, 0) is 11.2 Å². The average Bonchev–Trinajstić information content (AvgIpc) is 2.79. The van der Waals surface area contributed by atoms with Crippen molar-refractivity contribution < 1.29 is 4.79 Å². The highest BCUT2D eigenvalue weighted by Gasteiger charge is 2.24. The largest absolute Gasteiger partial charge is 0.344 e. The van der Waals surface area contributed by atoms with E-state index in [2.05, 4.69) is 34.8 Å². The summed E-state index contributed by atoms with van der Waals surface area (Å²) in [4.78, 5) is 11.7. The summed E-state index contributed by atoms with van der Waals surface area (Å²) in [6, 6.07) is 8.43. The summed E-state index contributed by atoms with van der Waals surface area (Å²) in [5, 5.41) is 6.06. The molecule has 3 heteroatoms. The maximum Gasteiger partial charge on any atom is 0.237 e. The van der Waals surface area contributed by atoms with Crippen molar-refractivity contribution in [3.8, 4) is 12.3 Å². The van der Waals surface area contributed by atoms with Crippen molar-refractivity contribution >= 4 is 5.91 Å². The molecule has 0 saturated carbocycles. The topological polar surface area (TPSA) is 41.1 Å². The highest BCUT2D eigenvalue weighted by Crippen LogP contribution is 2.30. The number of nitrogens with one attached hydrogen (secondary N) is 2. The minimum atomic E-state index is -0.227. The van der Waals surface area contributed by atoms with E-state index in [0.29, 0.717) is 0 Å². The highest BCUT2D eigenvalue weighted by molar-refractivity contribution is 5.81. The first-order valence-electron chi connectivity index (χ1n) is 6.27. The summed E-state index contributed by atoms with van der Waals surface area (Å²) < 4.78 is 0. The second-order valence-electron chi connectivity index (χ2n) is 4.60. The van der Waals surface area contributed by atoms with Gasteiger partial charge in [-0.3, -0.25) is 10.1 Å². The molecule has 1 aromatic carbocycles. The summed E-state index contributed by atoms with van der Waals surface area (Å²) in [5.74, 6) is 2.36. The molecule has 1 aliphatic rings. The fraction of sp³-hybridized carbons (Fsp3) is 0.400. The molecule has 0 radical (unpaired) electrons. The molecule has 3 nitrogen and oxygen atoms in total. The Labute approximate surface area is 108 Å². The molecule has 94 valence electrons. The number of carbonyl (C=O) groups excluding carboxylic acids is 1. The lowest BCUT2D eigenvalue weighted by Gasteiger charge is -2.19. The molecule has 0 aromatic heterocycles. The zero-order valence-electron chi connectivity index (χ0n) is 10.6. The van der Waals surface area contributed by atoms with Crippen LogP contribution in [0.5, 0.6) is 0 Å². The van der Waals surface area contributed by atoms with E-state index in [1.165, 1.54) is 11.1 Å². The quantitative estimate of drug-likeness (QED) is 0.784. The second-order valence-corrected chi connectivity index (χ2v) is 4.60. The van der Waals surface area contributed by atoms with E-state index in [4.69, 9.17) is 6.42 Å². The van der Waals surface area contributed by atoms with E-state index >= 15 is 0 Å². The Hall–Kier alpha value is -1.79. The zero-order chi connectivity index (χ0) is 13.0. The molecule has 0 aliphatic heterocycles. The van der Waals surface area contributed by atoms with Crippen LogP contribution in [0.15, 0.2) is 24.3 Å². The first-order chi connectivity index (χ1) is 8.72. The molecule has 0 spiro atoms. The monoisotopic (exact) mass is 242 g/mol. The van der Waals surface area contributed by atoms with Gasteiger partial charge in [-0.1, -0.05) is 30.2 Å². The molecule has 0 heterocycles. The Morgan fingerprint density at radius 3 is 3.11 bits per heavy atom. The smallest absolute Gasteiger partial charge is 0.237 e. The van der Waals surface area contributed by atoms with Gasteiger partial charge in [0.25, 0.3) is 0 Å². The minimum absolute atomic E-state index is 0.0441. The summed E-state index contributed by atoms with van der Waals surface area (Å²) >= 11 is 0. The average molecular weight is 242 g/mol. The van der Waals surface area contributed by atoms with Gasteiger partial charge in [0.15, 0.2) is 0 Å². The molecule has 2 atom stereocenters. The maximum atomic E-state index is 11.7. The number of benzene rings is 1. The summed E-state index contributed by atoms with van der Waals surface area (Å²) in [7, 11) is 0. The standard InChI is InChI=1S/C15H18N2O/c1-3-10-16-15(18)11(2)17-14-9-8-12-6-4-5-7-13(12)14/h1,4-7,11,14,17H,8-10H2,2H3,(H,16,18). The lowest BCUT2D eigenvalue weighted by Crippen LogP contribution is -2.43. The first-order valence-corrected chi connectivity index (χ1v) is 6.27. The van der Waals surface area contributed by atoms with Crippen LogP contribution in [0.2, 0.25) is 0 Å². The third-order valence-corrected chi connectivity index (χ3v) is 3.34. The van der Waals surface area contributed by atoms with Crippen LogP contribution < -0.4 is 10.6 Å². The number of hydrogen-bond acceptors (Lipinski definition) is 2. The number of hydrogen-bond donors (Lipinski definition) is 2. The summed E-state index contributed by atoms with van der Waals surface area (Å²) in [6.07, 6.45) is 7.24. The van der Waals surface area contributed by atoms with Crippen LogP contribution in [0.1, 0.15) is 30.5 Å². The second kappa shape index (κ2) is 5.70. The molecule has 1 amide bonds. The third-order valence-electron chi connectivity index (χ3n) is 3.34. The van der Waals surface area contributed by atoms with Gasteiger partial charge in [-0.2, -0.15) is 0 Å². The fourth-order valence-corrected chi connectivity index (χ4v) is 2.40. The summed E-state index contributed by atoms with van der Waals surface area (Å²) in [5.41, 5.74) is 2.69. The van der Waals surface area contributed by atoms with E-state index in [-0.39, 0.29) is 24.5 Å². The molecule has 0 bridgehead atoms. The number of aryl methyl sites for hydroxylation is 1. The first kappa shape index (κ1) is 12.7. The van der Waals surface area contributed by atoms with Gasteiger partial charge in [-0.05, 0) is 30.9 Å². The van der Waals surface area contributed by atoms with Gasteiger partial charge in [0, 0.05) is 6.04 Å². The van der Waals surface area contributed by atoms with Gasteiger partial charge >= 0.3 is 0 Å². The molecule has 1 aliphatic carbocycles. The Kier molecular flexibility index (Phi) is 4.01. The highest BCUT2D eigenvalue weighted by atomic mass is 16.2. The van der Waals surface area contributed by atoms with Crippen molar-refractivity contribution in [1.82, 2.24) is 10.6 Å². The normalized spacial score (nSPS) is 18.8. The molecular formula is C15H18N2O. The Morgan fingerprint density at radius 1 is 1.56 bits per heavy atom. The fourth-order valence-electron chi connectivity index (χ4n) is 2.40. The Morgan fingerprint density at radius 2 is 2.33 bits per heavy atom. The lowest BCUT2D eigenvalue weighted by molar-refractivity contribution is -0.122. The number of rotatable bonds is 4. The van der Waals surface area contributed by atoms with Crippen molar-refractivity contribution in [2.24, 2.45) is 0 Å². The third kappa shape index (κ3) is 2.72. The van der Waals surface area contributed by atoms with Crippen molar-refractivity contribution in [1.29, 1.82) is 0 Å². The predicted octanol–water partition coefficient (Wildman–Crippen LogP) is 1.40. The number of fused-ring (bicyclic) bond motifs is 1. The number of carbonyl (C=O) groups is 1. The van der Waals surface area contributed by atoms with Gasteiger partial charge in [0.2, 0.25) is 5.91 Å². The van der Waals surface area contributed by atoms with Crippen LogP contribution in [-0.4, -0.2) is 18.5 Å². The van der Waals surface area contributed by atoms with Crippen LogP contribution in [0.4, 0.5) is 0 Å². The molecular weight excluding hydrogens is 224 g/mol. The lowest BCUT2D eigenvalue weighted by atomic mass is 10.1. The van der Waals surface area contributed by atoms with E-state index in [0.717, 1.165) is 12.8 Å². The van der Waals surface area contributed by atoms with Crippen molar-refractivity contribution in [2.75, 3.05) is 6.54 Å². The maximum absolute atomic E-state index is 11.7. The van der Waals surface area contributed by atoms with E-state index in [1.54, 1.807) is 0 Å². The minimum Gasteiger partial charge on any atom is -0.344 e. The number of amides is 1. The van der Waals surface area contributed by atoms with Crippen LogP contribution in [0.25, 0.3) is 0 Å². The Bertz CT molecular complexity index is 476.